The molecule has 0 saturated carbocycles. The number of nitrogens with two attached hydrogens (primary N) is 1. The van der Waals surface area contributed by atoms with E-state index in [1.165, 1.54) is 0 Å². The Kier molecular flexibility index (Phi) is 6.12. The lowest BCUT2D eigenvalue weighted by Crippen LogP contribution is -2.37. The number of piperidine rings is 1. The van der Waals surface area contributed by atoms with Gasteiger partial charge in [-0.15, -0.1) is 0 Å². The van der Waals surface area contributed by atoms with Crippen LogP contribution in [0.2, 0.25) is 0 Å². The van der Waals surface area contributed by atoms with E-state index in [4.69, 9.17) is 15.2 Å². The number of hydrogen-bond donors (Lipinski definition) is 1. The van der Waals surface area contributed by atoms with E-state index in [0.717, 1.165) is 49.5 Å². The van der Waals surface area contributed by atoms with Crippen LogP contribution in [0.25, 0.3) is 0 Å². The molecule has 5 heteroatoms. The minimum Gasteiger partial charge on any atom is -0.490 e. The van der Waals surface area contributed by atoms with Crippen molar-refractivity contribution < 1.29 is 14.3 Å². The Morgan fingerprint density at radius 3 is 2.54 bits per heavy atom. The normalized spacial score (nSPS) is 15.6. The van der Waals surface area contributed by atoms with Gasteiger partial charge in [-0.3, -0.25) is 9.69 Å². The predicted octanol–water partition coefficient (Wildman–Crippen LogP) is 3.23. The van der Waals surface area contributed by atoms with E-state index < -0.39 is 0 Å². The molecule has 0 unspecified atom stereocenters. The number of nitrogens with zero attached hydrogens (tertiary/aromatic N) is 1. The zero-order valence-electron chi connectivity index (χ0n) is 15.2. The van der Waals surface area contributed by atoms with Crippen molar-refractivity contribution in [3.8, 4) is 11.5 Å². The van der Waals surface area contributed by atoms with Gasteiger partial charge >= 0.3 is 0 Å². The van der Waals surface area contributed by atoms with Gasteiger partial charge in [-0.1, -0.05) is 24.3 Å². The van der Waals surface area contributed by atoms with Crippen molar-refractivity contribution in [3.63, 3.8) is 0 Å². The molecule has 1 amide bonds. The average Bonchev–Trinajstić information content (AvgIpc) is 2.65. The van der Waals surface area contributed by atoms with Crippen molar-refractivity contribution in [2.24, 2.45) is 5.73 Å². The summed E-state index contributed by atoms with van der Waals surface area (Å²) in [6, 6.07) is 15.4. The molecule has 1 aliphatic rings. The van der Waals surface area contributed by atoms with Gasteiger partial charge in [-0.25, -0.2) is 0 Å². The second kappa shape index (κ2) is 8.72. The standard InChI is InChI=1S/C21H26N2O3/c1-2-25-19-8-3-4-9-20(19)26-18-10-12-23(13-11-18)15-16-6-5-7-17(14-16)21(22)24/h3-9,14,18H,2,10-13,15H2,1H3,(H2,22,24). The minimum atomic E-state index is -0.382. The number of benzene rings is 2. The van der Waals surface area contributed by atoms with E-state index in [0.29, 0.717) is 12.2 Å². The van der Waals surface area contributed by atoms with Crippen molar-refractivity contribution in [1.29, 1.82) is 0 Å². The van der Waals surface area contributed by atoms with E-state index >= 15 is 0 Å². The fourth-order valence-corrected chi connectivity index (χ4v) is 3.27. The fraction of sp³-hybridized carbons (Fsp3) is 0.381. The number of ether oxygens (including phenoxy) is 2. The van der Waals surface area contributed by atoms with Gasteiger partial charge in [0.25, 0.3) is 0 Å². The molecular formula is C21H26N2O3. The van der Waals surface area contributed by atoms with Gasteiger partial charge in [0, 0.05) is 25.2 Å². The minimum absolute atomic E-state index is 0.199. The summed E-state index contributed by atoms with van der Waals surface area (Å²) in [5.74, 6) is 1.24. The Morgan fingerprint density at radius 2 is 1.85 bits per heavy atom. The van der Waals surface area contributed by atoms with Crippen LogP contribution < -0.4 is 15.2 Å². The lowest BCUT2D eigenvalue weighted by Gasteiger charge is -2.32. The lowest BCUT2D eigenvalue weighted by molar-refractivity contribution is 0.0936. The molecule has 0 spiro atoms. The molecule has 2 aromatic rings. The Morgan fingerprint density at radius 1 is 1.12 bits per heavy atom. The summed E-state index contributed by atoms with van der Waals surface area (Å²) in [4.78, 5) is 13.7. The Balaban J connectivity index is 1.53. The molecule has 138 valence electrons. The van der Waals surface area contributed by atoms with Crippen LogP contribution in [0.3, 0.4) is 0 Å². The molecule has 1 heterocycles. The third-order valence-corrected chi connectivity index (χ3v) is 4.59. The molecule has 0 aliphatic carbocycles. The third-order valence-electron chi connectivity index (χ3n) is 4.59. The van der Waals surface area contributed by atoms with Crippen LogP contribution in [0.1, 0.15) is 35.7 Å². The summed E-state index contributed by atoms with van der Waals surface area (Å²) in [7, 11) is 0. The number of primary amides is 1. The third kappa shape index (κ3) is 4.76. The smallest absolute Gasteiger partial charge is 0.248 e. The highest BCUT2D eigenvalue weighted by Crippen LogP contribution is 2.29. The molecule has 0 bridgehead atoms. The van der Waals surface area contributed by atoms with Crippen molar-refractivity contribution in [3.05, 3.63) is 59.7 Å². The second-order valence-corrected chi connectivity index (χ2v) is 6.54. The number of rotatable bonds is 7. The van der Waals surface area contributed by atoms with Gasteiger partial charge in [-0.05, 0) is 49.6 Å². The zero-order valence-corrected chi connectivity index (χ0v) is 15.2. The van der Waals surface area contributed by atoms with E-state index in [1.54, 1.807) is 6.07 Å². The topological polar surface area (TPSA) is 64.8 Å². The van der Waals surface area contributed by atoms with Crippen LogP contribution in [0.5, 0.6) is 11.5 Å². The molecule has 1 saturated heterocycles. The Hall–Kier alpha value is -2.53. The van der Waals surface area contributed by atoms with Gasteiger partial charge in [0.1, 0.15) is 6.10 Å². The van der Waals surface area contributed by atoms with Crippen LogP contribution >= 0.6 is 0 Å². The molecular weight excluding hydrogens is 328 g/mol. The van der Waals surface area contributed by atoms with Crippen molar-refractivity contribution in [2.45, 2.75) is 32.4 Å². The molecule has 2 N–H and O–H groups in total. The van der Waals surface area contributed by atoms with Crippen LogP contribution in [0.4, 0.5) is 0 Å². The summed E-state index contributed by atoms with van der Waals surface area (Å²) >= 11 is 0. The van der Waals surface area contributed by atoms with Gasteiger partial charge in [0.15, 0.2) is 11.5 Å². The first-order chi connectivity index (χ1) is 12.7. The van der Waals surface area contributed by atoms with Crippen LogP contribution in [-0.4, -0.2) is 36.6 Å². The highest BCUT2D eigenvalue weighted by molar-refractivity contribution is 5.92. The summed E-state index contributed by atoms with van der Waals surface area (Å²) < 4.78 is 11.8. The molecule has 1 aliphatic heterocycles. The molecule has 0 atom stereocenters. The molecule has 1 fully saturated rings. The first kappa shape index (κ1) is 18.3. The molecule has 0 radical (unpaired) electrons. The van der Waals surface area contributed by atoms with E-state index in [2.05, 4.69) is 4.90 Å². The largest absolute Gasteiger partial charge is 0.490 e. The first-order valence-corrected chi connectivity index (χ1v) is 9.15. The average molecular weight is 354 g/mol. The number of carbonyl (C=O) groups excluding carboxylic acids is 1. The maximum absolute atomic E-state index is 11.3. The van der Waals surface area contributed by atoms with Crippen LogP contribution in [-0.2, 0) is 6.54 Å². The molecule has 2 aromatic carbocycles. The summed E-state index contributed by atoms with van der Waals surface area (Å²) in [5.41, 5.74) is 7.04. The molecule has 26 heavy (non-hydrogen) atoms. The van der Waals surface area contributed by atoms with E-state index in [-0.39, 0.29) is 12.0 Å². The second-order valence-electron chi connectivity index (χ2n) is 6.54. The number of carbonyl (C=O) groups is 1. The molecule has 5 nitrogen and oxygen atoms in total. The van der Waals surface area contributed by atoms with Gasteiger partial charge in [-0.2, -0.15) is 0 Å². The maximum Gasteiger partial charge on any atom is 0.248 e. The van der Waals surface area contributed by atoms with Crippen LogP contribution in [0.15, 0.2) is 48.5 Å². The molecule has 0 aromatic heterocycles. The highest BCUT2D eigenvalue weighted by Gasteiger charge is 2.21. The SMILES string of the molecule is CCOc1ccccc1OC1CCN(Cc2cccc(C(N)=O)c2)CC1. The van der Waals surface area contributed by atoms with Gasteiger partial charge < -0.3 is 15.2 Å². The highest BCUT2D eigenvalue weighted by atomic mass is 16.5. The van der Waals surface area contributed by atoms with Crippen LogP contribution in [0, 0.1) is 0 Å². The zero-order chi connectivity index (χ0) is 18.4. The monoisotopic (exact) mass is 354 g/mol. The van der Waals surface area contributed by atoms with Crippen molar-refractivity contribution in [1.82, 2.24) is 4.90 Å². The Labute approximate surface area is 154 Å². The van der Waals surface area contributed by atoms with Gasteiger partial charge in [0.05, 0.1) is 6.61 Å². The fourth-order valence-electron chi connectivity index (χ4n) is 3.27. The summed E-state index contributed by atoms with van der Waals surface area (Å²) in [6.07, 6.45) is 2.14. The van der Waals surface area contributed by atoms with Gasteiger partial charge in [0.2, 0.25) is 5.91 Å². The molecule has 3 rings (SSSR count). The summed E-state index contributed by atoms with van der Waals surface area (Å²) in [6.45, 7) is 5.35. The lowest BCUT2D eigenvalue weighted by atomic mass is 10.1. The quantitative estimate of drug-likeness (QED) is 0.829. The first-order valence-electron chi connectivity index (χ1n) is 9.15. The number of hydrogen-bond acceptors (Lipinski definition) is 4. The predicted molar refractivity (Wildman–Crippen MR) is 101 cm³/mol. The van der Waals surface area contributed by atoms with E-state index in [1.807, 2.05) is 49.4 Å². The number of amides is 1. The van der Waals surface area contributed by atoms with E-state index in [9.17, 15) is 4.79 Å². The van der Waals surface area contributed by atoms with Crippen molar-refractivity contribution >= 4 is 5.91 Å². The summed E-state index contributed by atoms with van der Waals surface area (Å²) in [5, 5.41) is 0. The maximum atomic E-state index is 11.3. The number of para-hydroxylation sites is 2. The number of likely N-dealkylation sites (tertiary alicyclic amines) is 1. The van der Waals surface area contributed by atoms with Crippen molar-refractivity contribution in [2.75, 3.05) is 19.7 Å². The Bertz CT molecular complexity index is 740.